The lowest BCUT2D eigenvalue weighted by Crippen LogP contribution is -2.51. The van der Waals surface area contributed by atoms with Gasteiger partial charge in [0.05, 0.1) is 35.8 Å². The van der Waals surface area contributed by atoms with Gasteiger partial charge in [0, 0.05) is 23.6 Å². The monoisotopic (exact) mass is 354 g/mol. The van der Waals surface area contributed by atoms with Crippen LogP contribution in [0, 0.1) is 10.1 Å². The number of ether oxygens (including phenoxy) is 1. The van der Waals surface area contributed by atoms with E-state index in [0.717, 1.165) is 4.90 Å². The quantitative estimate of drug-likeness (QED) is 0.471. The summed E-state index contributed by atoms with van der Waals surface area (Å²) < 4.78 is 5.27. The van der Waals surface area contributed by atoms with Gasteiger partial charge in [0.1, 0.15) is 0 Å². The standard InChI is InChI=1S/C15H18N2O6S/c1-10(24-13-4-2-11(3-5-13)17(21)22)15(20)16-6-7-23-9-12(16)8-14(18)19/h2-5,10,12H,6-9H2,1H3,(H,18,19). The Morgan fingerprint density at radius 1 is 1.46 bits per heavy atom. The van der Waals surface area contributed by atoms with Crippen LogP contribution in [0.3, 0.4) is 0 Å². The molecule has 0 aliphatic carbocycles. The fraction of sp³-hybridized carbons (Fsp3) is 0.467. The van der Waals surface area contributed by atoms with E-state index in [1.165, 1.54) is 23.9 Å². The Morgan fingerprint density at radius 3 is 2.71 bits per heavy atom. The van der Waals surface area contributed by atoms with Gasteiger partial charge in [0.2, 0.25) is 5.91 Å². The van der Waals surface area contributed by atoms with Gasteiger partial charge < -0.3 is 14.7 Å². The molecule has 0 spiro atoms. The molecule has 0 radical (unpaired) electrons. The first-order chi connectivity index (χ1) is 11.4. The van der Waals surface area contributed by atoms with Crippen molar-refractivity contribution in [3.05, 3.63) is 34.4 Å². The van der Waals surface area contributed by atoms with E-state index >= 15 is 0 Å². The second-order valence-corrected chi connectivity index (χ2v) is 6.78. The molecule has 9 heteroatoms. The predicted octanol–water partition coefficient (Wildman–Crippen LogP) is 1.78. The highest BCUT2D eigenvalue weighted by Gasteiger charge is 2.32. The molecular formula is C15H18N2O6S. The zero-order chi connectivity index (χ0) is 17.7. The molecule has 1 N–H and O–H groups in total. The van der Waals surface area contributed by atoms with Crippen molar-refractivity contribution in [3.8, 4) is 0 Å². The third-order valence-electron chi connectivity index (χ3n) is 3.63. The van der Waals surface area contributed by atoms with E-state index in [-0.39, 0.29) is 24.6 Å². The van der Waals surface area contributed by atoms with E-state index in [2.05, 4.69) is 0 Å². The number of carboxylic acids is 1. The summed E-state index contributed by atoms with van der Waals surface area (Å²) >= 11 is 1.28. The Bertz CT molecular complexity index is 621. The van der Waals surface area contributed by atoms with Crippen molar-refractivity contribution in [2.45, 2.75) is 29.5 Å². The van der Waals surface area contributed by atoms with Crippen LogP contribution >= 0.6 is 11.8 Å². The maximum absolute atomic E-state index is 12.6. The van der Waals surface area contributed by atoms with Crippen molar-refractivity contribution in [1.29, 1.82) is 0 Å². The topological polar surface area (TPSA) is 110 Å². The van der Waals surface area contributed by atoms with Crippen LogP contribution in [0.2, 0.25) is 0 Å². The van der Waals surface area contributed by atoms with Crippen molar-refractivity contribution >= 4 is 29.3 Å². The molecule has 1 fully saturated rings. The number of carbonyl (C=O) groups excluding carboxylic acids is 1. The van der Waals surface area contributed by atoms with Crippen molar-refractivity contribution in [2.24, 2.45) is 0 Å². The molecule has 24 heavy (non-hydrogen) atoms. The van der Waals surface area contributed by atoms with Crippen LogP contribution in [0.5, 0.6) is 0 Å². The third-order valence-corrected chi connectivity index (χ3v) is 4.73. The van der Waals surface area contributed by atoms with E-state index in [0.29, 0.717) is 13.2 Å². The fourth-order valence-corrected chi connectivity index (χ4v) is 3.39. The number of carbonyl (C=O) groups is 2. The number of nitro benzene ring substituents is 1. The van der Waals surface area contributed by atoms with E-state index in [1.807, 2.05) is 0 Å². The number of carboxylic acid groups (broad SMARTS) is 1. The summed E-state index contributed by atoms with van der Waals surface area (Å²) in [5.74, 6) is -1.13. The fourth-order valence-electron chi connectivity index (χ4n) is 2.45. The van der Waals surface area contributed by atoms with Crippen LogP contribution in [-0.4, -0.2) is 57.9 Å². The highest BCUT2D eigenvalue weighted by atomic mass is 32.2. The molecule has 0 saturated carbocycles. The number of thioether (sulfide) groups is 1. The predicted molar refractivity (Wildman–Crippen MR) is 87.0 cm³/mol. The van der Waals surface area contributed by atoms with Crippen molar-refractivity contribution < 1.29 is 24.4 Å². The second-order valence-electron chi connectivity index (χ2n) is 5.37. The molecule has 8 nitrogen and oxygen atoms in total. The summed E-state index contributed by atoms with van der Waals surface area (Å²) in [5, 5.41) is 19.2. The first-order valence-corrected chi connectivity index (χ1v) is 8.27. The smallest absolute Gasteiger partial charge is 0.305 e. The minimum Gasteiger partial charge on any atom is -0.481 e. The van der Waals surface area contributed by atoms with Crippen molar-refractivity contribution in [3.63, 3.8) is 0 Å². The van der Waals surface area contributed by atoms with Gasteiger partial charge in [-0.05, 0) is 19.1 Å². The summed E-state index contributed by atoms with van der Waals surface area (Å²) in [7, 11) is 0. The largest absolute Gasteiger partial charge is 0.481 e. The van der Waals surface area contributed by atoms with Gasteiger partial charge in [-0.25, -0.2) is 0 Å². The first kappa shape index (κ1) is 18.2. The van der Waals surface area contributed by atoms with Gasteiger partial charge in [0.25, 0.3) is 5.69 Å². The Morgan fingerprint density at radius 2 is 2.12 bits per heavy atom. The zero-order valence-electron chi connectivity index (χ0n) is 13.1. The Kier molecular flexibility index (Phi) is 6.16. The van der Waals surface area contributed by atoms with Gasteiger partial charge >= 0.3 is 5.97 Å². The summed E-state index contributed by atoms with van der Waals surface area (Å²) in [6.07, 6.45) is -0.152. The molecular weight excluding hydrogens is 336 g/mol. The molecule has 1 saturated heterocycles. The van der Waals surface area contributed by atoms with E-state index in [4.69, 9.17) is 9.84 Å². The molecule has 0 bridgehead atoms. The molecule has 130 valence electrons. The normalized spacial score (nSPS) is 18.9. The molecule has 0 aromatic heterocycles. The Hall–Kier alpha value is -2.13. The molecule has 1 heterocycles. The highest BCUT2D eigenvalue weighted by molar-refractivity contribution is 8.00. The molecule has 1 aliphatic heterocycles. The van der Waals surface area contributed by atoms with Gasteiger partial charge in [-0.1, -0.05) is 0 Å². The average Bonchev–Trinajstić information content (AvgIpc) is 2.54. The van der Waals surface area contributed by atoms with Gasteiger partial charge in [0.15, 0.2) is 0 Å². The van der Waals surface area contributed by atoms with Crippen LogP contribution in [-0.2, 0) is 14.3 Å². The Balaban J connectivity index is 2.01. The summed E-state index contributed by atoms with van der Waals surface area (Å²) in [4.78, 5) is 36.0. The third kappa shape index (κ3) is 4.68. The minimum atomic E-state index is -0.973. The van der Waals surface area contributed by atoms with Gasteiger partial charge in [-0.3, -0.25) is 19.7 Å². The average molecular weight is 354 g/mol. The zero-order valence-corrected chi connectivity index (χ0v) is 13.9. The Labute approximate surface area is 142 Å². The van der Waals surface area contributed by atoms with Crippen LogP contribution in [0.1, 0.15) is 13.3 Å². The van der Waals surface area contributed by atoms with Crippen LogP contribution in [0.25, 0.3) is 0 Å². The summed E-state index contributed by atoms with van der Waals surface area (Å²) in [6.45, 7) is 2.70. The van der Waals surface area contributed by atoms with E-state index < -0.39 is 22.2 Å². The molecule has 1 aliphatic rings. The molecule has 1 aromatic carbocycles. The number of hydrogen-bond donors (Lipinski definition) is 1. The number of nitro groups is 1. The molecule has 1 aromatic rings. The van der Waals surface area contributed by atoms with Crippen molar-refractivity contribution in [2.75, 3.05) is 19.8 Å². The SMILES string of the molecule is CC(Sc1ccc([N+](=O)[O-])cc1)C(=O)N1CCOCC1CC(=O)O. The molecule has 1 amide bonds. The maximum atomic E-state index is 12.6. The summed E-state index contributed by atoms with van der Waals surface area (Å²) in [5.41, 5.74) is -0.00645. The molecule has 2 unspecified atom stereocenters. The number of hydrogen-bond acceptors (Lipinski definition) is 6. The number of morpholine rings is 1. The lowest BCUT2D eigenvalue weighted by Gasteiger charge is -2.36. The number of rotatable bonds is 6. The maximum Gasteiger partial charge on any atom is 0.305 e. The van der Waals surface area contributed by atoms with Crippen LogP contribution in [0.4, 0.5) is 5.69 Å². The second kappa shape index (κ2) is 8.11. The minimum absolute atomic E-state index is 0.00645. The number of benzene rings is 1. The van der Waals surface area contributed by atoms with E-state index in [1.54, 1.807) is 24.0 Å². The number of amides is 1. The number of nitrogens with zero attached hydrogens (tertiary/aromatic N) is 2. The van der Waals surface area contributed by atoms with Crippen LogP contribution in [0.15, 0.2) is 29.2 Å². The lowest BCUT2D eigenvalue weighted by molar-refractivity contribution is -0.384. The highest BCUT2D eigenvalue weighted by Crippen LogP contribution is 2.27. The molecule has 2 atom stereocenters. The van der Waals surface area contributed by atoms with Crippen LogP contribution < -0.4 is 0 Å². The van der Waals surface area contributed by atoms with E-state index in [9.17, 15) is 19.7 Å². The summed E-state index contributed by atoms with van der Waals surface area (Å²) in [6, 6.07) is 5.51. The lowest BCUT2D eigenvalue weighted by atomic mass is 10.1. The first-order valence-electron chi connectivity index (χ1n) is 7.39. The van der Waals surface area contributed by atoms with Gasteiger partial charge in [-0.2, -0.15) is 0 Å². The molecule has 2 rings (SSSR count). The number of aliphatic carboxylic acids is 1. The number of non-ortho nitro benzene ring substituents is 1. The van der Waals surface area contributed by atoms with Gasteiger partial charge in [-0.15, -0.1) is 11.8 Å². The van der Waals surface area contributed by atoms with Crippen molar-refractivity contribution in [1.82, 2.24) is 4.90 Å².